The largest absolute Gasteiger partial charge is 0.530 e. The SMILES string of the molecule is CCCCc1ccc(CCCC)c(OP(Oc2cc(CCCC)ccc2CCCC)Oc2cc(CCCC)ccc2CCCC)c1. The molecule has 0 aliphatic heterocycles. The van der Waals surface area contributed by atoms with Gasteiger partial charge in [0.05, 0.1) is 0 Å². The van der Waals surface area contributed by atoms with Gasteiger partial charge in [0, 0.05) is 0 Å². The smallest absolute Gasteiger partial charge is 0.408 e. The van der Waals surface area contributed by atoms with Crippen LogP contribution < -0.4 is 13.6 Å². The summed E-state index contributed by atoms with van der Waals surface area (Å²) in [7, 11) is -1.76. The molecule has 4 heteroatoms. The van der Waals surface area contributed by atoms with E-state index in [1.165, 1.54) is 71.9 Å². The highest BCUT2D eigenvalue weighted by Crippen LogP contribution is 2.46. The number of hydrogen-bond acceptors (Lipinski definition) is 3. The van der Waals surface area contributed by atoms with Gasteiger partial charge in [-0.2, -0.15) is 0 Å². The van der Waals surface area contributed by atoms with Gasteiger partial charge in [-0.05, 0) is 129 Å². The minimum atomic E-state index is -1.76. The minimum absolute atomic E-state index is 0.919. The fourth-order valence-corrected chi connectivity index (χ4v) is 6.78. The van der Waals surface area contributed by atoms with Crippen LogP contribution >= 0.6 is 8.60 Å². The Labute approximate surface area is 283 Å². The molecule has 0 bridgehead atoms. The number of hydrogen-bond donors (Lipinski definition) is 0. The fraction of sp³-hybridized carbons (Fsp3) is 0.571. The summed E-state index contributed by atoms with van der Waals surface area (Å²) in [5.74, 6) is 2.76. The molecule has 254 valence electrons. The van der Waals surface area contributed by atoms with Crippen LogP contribution in [-0.2, 0) is 38.5 Å². The van der Waals surface area contributed by atoms with E-state index >= 15 is 0 Å². The summed E-state index contributed by atoms with van der Waals surface area (Å²) in [4.78, 5) is 0. The summed E-state index contributed by atoms with van der Waals surface area (Å²) < 4.78 is 20.9. The van der Waals surface area contributed by atoms with Crippen LogP contribution in [0.4, 0.5) is 0 Å². The van der Waals surface area contributed by atoms with E-state index in [2.05, 4.69) is 96.1 Å². The van der Waals surface area contributed by atoms with Crippen molar-refractivity contribution in [2.24, 2.45) is 0 Å². The van der Waals surface area contributed by atoms with Crippen molar-refractivity contribution in [3.05, 3.63) is 88.0 Å². The Morgan fingerprint density at radius 2 is 0.630 bits per heavy atom. The normalized spacial score (nSPS) is 11.3. The quantitative estimate of drug-likeness (QED) is 0.0907. The molecule has 0 heterocycles. The average molecular weight is 647 g/mol. The summed E-state index contributed by atoms with van der Waals surface area (Å²) in [6.45, 7) is 13.5. The lowest BCUT2D eigenvalue weighted by molar-refractivity contribution is 0.382. The van der Waals surface area contributed by atoms with Gasteiger partial charge in [-0.1, -0.05) is 116 Å². The van der Waals surface area contributed by atoms with Crippen LogP contribution in [0.1, 0.15) is 152 Å². The fourth-order valence-electron chi connectivity index (χ4n) is 5.68. The second kappa shape index (κ2) is 22.1. The van der Waals surface area contributed by atoms with Crippen molar-refractivity contribution in [3.8, 4) is 17.2 Å². The van der Waals surface area contributed by atoms with Gasteiger partial charge in [0.1, 0.15) is 17.2 Å². The summed E-state index contributed by atoms with van der Waals surface area (Å²) in [6.07, 6.45) is 20.0. The molecule has 0 atom stereocenters. The van der Waals surface area contributed by atoms with Gasteiger partial charge in [0.2, 0.25) is 0 Å². The van der Waals surface area contributed by atoms with Crippen molar-refractivity contribution in [2.45, 2.75) is 157 Å². The predicted molar refractivity (Wildman–Crippen MR) is 200 cm³/mol. The minimum Gasteiger partial charge on any atom is -0.408 e. The van der Waals surface area contributed by atoms with Crippen LogP contribution in [0.2, 0.25) is 0 Å². The van der Waals surface area contributed by atoms with E-state index in [1.54, 1.807) is 0 Å². The second-order valence-corrected chi connectivity index (χ2v) is 13.9. The Morgan fingerprint density at radius 1 is 0.370 bits per heavy atom. The summed E-state index contributed by atoms with van der Waals surface area (Å²) >= 11 is 0. The van der Waals surface area contributed by atoms with Gasteiger partial charge in [-0.3, -0.25) is 0 Å². The van der Waals surface area contributed by atoms with Crippen LogP contribution in [0.25, 0.3) is 0 Å². The van der Waals surface area contributed by atoms with Gasteiger partial charge < -0.3 is 13.6 Å². The molecule has 0 spiro atoms. The highest BCUT2D eigenvalue weighted by Gasteiger charge is 2.25. The lowest BCUT2D eigenvalue weighted by atomic mass is 10.0. The van der Waals surface area contributed by atoms with Crippen LogP contribution in [0.5, 0.6) is 17.2 Å². The maximum Gasteiger partial charge on any atom is 0.530 e. The molecule has 0 saturated heterocycles. The molecule has 3 nitrogen and oxygen atoms in total. The molecule has 0 amide bonds. The molecule has 0 unspecified atom stereocenters. The Kier molecular flexibility index (Phi) is 18.3. The van der Waals surface area contributed by atoms with Crippen molar-refractivity contribution < 1.29 is 13.6 Å². The third kappa shape index (κ3) is 12.9. The zero-order chi connectivity index (χ0) is 33.0. The molecule has 0 aliphatic carbocycles. The van der Waals surface area contributed by atoms with Crippen LogP contribution in [0.3, 0.4) is 0 Å². The molecule has 3 aromatic rings. The first kappa shape index (κ1) is 37.9. The highest BCUT2D eigenvalue weighted by atomic mass is 31.2. The van der Waals surface area contributed by atoms with Gasteiger partial charge in [0.25, 0.3) is 0 Å². The Morgan fingerprint density at radius 3 is 0.891 bits per heavy atom. The number of rotatable bonds is 24. The van der Waals surface area contributed by atoms with Crippen molar-refractivity contribution in [1.29, 1.82) is 0 Å². The average Bonchev–Trinajstić information content (AvgIpc) is 3.07. The van der Waals surface area contributed by atoms with E-state index < -0.39 is 8.60 Å². The molecule has 0 fully saturated rings. The zero-order valence-electron chi connectivity index (χ0n) is 30.1. The second-order valence-electron chi connectivity index (χ2n) is 12.9. The van der Waals surface area contributed by atoms with Crippen molar-refractivity contribution in [3.63, 3.8) is 0 Å². The standard InChI is InChI=1S/C42H63O3P/c1-7-13-19-34-25-28-37(22-16-10-4)40(31-34)43-46(44-41-32-35(20-14-8-2)26-29-38(41)23-17-11-5)45-42-33-36(21-15-9-3)27-30-39(42)24-18-12-6/h25-33H,7-24H2,1-6H3. The summed E-state index contributed by atoms with van der Waals surface area (Å²) in [5.41, 5.74) is 7.69. The third-order valence-electron chi connectivity index (χ3n) is 8.77. The maximum absolute atomic E-state index is 6.95. The van der Waals surface area contributed by atoms with Crippen molar-refractivity contribution in [1.82, 2.24) is 0 Å². The Bertz CT molecular complexity index is 1110. The first-order chi connectivity index (χ1) is 22.5. The lowest BCUT2D eigenvalue weighted by Crippen LogP contribution is -2.07. The van der Waals surface area contributed by atoms with Crippen molar-refractivity contribution >= 4 is 8.60 Å². The van der Waals surface area contributed by atoms with Gasteiger partial charge in [0.15, 0.2) is 0 Å². The summed E-state index contributed by atoms with van der Waals surface area (Å²) in [6, 6.07) is 20.5. The third-order valence-corrected chi connectivity index (χ3v) is 9.81. The van der Waals surface area contributed by atoms with Crippen molar-refractivity contribution in [2.75, 3.05) is 0 Å². The van der Waals surface area contributed by atoms with E-state index in [0.717, 1.165) is 94.3 Å². The molecule has 0 N–H and O–H groups in total. The topological polar surface area (TPSA) is 27.7 Å². The van der Waals surface area contributed by atoms with Crippen LogP contribution in [0.15, 0.2) is 54.6 Å². The predicted octanol–water partition coefficient (Wildman–Crippen LogP) is 13.5. The lowest BCUT2D eigenvalue weighted by Gasteiger charge is -2.23. The Balaban J connectivity index is 2.08. The number of unbranched alkanes of at least 4 members (excludes halogenated alkanes) is 6. The Hall–Kier alpha value is -2.51. The van der Waals surface area contributed by atoms with E-state index in [4.69, 9.17) is 13.6 Å². The molecule has 0 aromatic heterocycles. The van der Waals surface area contributed by atoms with E-state index in [-0.39, 0.29) is 0 Å². The molecule has 3 aromatic carbocycles. The van der Waals surface area contributed by atoms with E-state index in [0.29, 0.717) is 0 Å². The molecule has 0 radical (unpaired) electrons. The van der Waals surface area contributed by atoms with Gasteiger partial charge >= 0.3 is 8.60 Å². The molecule has 0 saturated carbocycles. The molecule has 3 rings (SSSR count). The maximum atomic E-state index is 6.95. The first-order valence-corrected chi connectivity index (χ1v) is 19.8. The van der Waals surface area contributed by atoms with Crippen LogP contribution in [-0.4, -0.2) is 0 Å². The summed E-state index contributed by atoms with van der Waals surface area (Å²) in [5, 5.41) is 0. The highest BCUT2D eigenvalue weighted by molar-refractivity contribution is 7.43. The van der Waals surface area contributed by atoms with Gasteiger partial charge in [-0.25, -0.2) is 0 Å². The molecule has 46 heavy (non-hydrogen) atoms. The van der Waals surface area contributed by atoms with E-state index in [9.17, 15) is 0 Å². The van der Waals surface area contributed by atoms with Crippen LogP contribution in [0, 0.1) is 0 Å². The van der Waals surface area contributed by atoms with Gasteiger partial charge in [-0.15, -0.1) is 0 Å². The first-order valence-electron chi connectivity index (χ1n) is 18.7. The zero-order valence-corrected chi connectivity index (χ0v) is 31.0. The van der Waals surface area contributed by atoms with E-state index in [1.807, 2.05) is 0 Å². The molecular formula is C42H63O3P. The number of aryl methyl sites for hydroxylation is 6. The number of benzene rings is 3. The molecule has 0 aliphatic rings. The molecular weight excluding hydrogens is 583 g/mol. The monoisotopic (exact) mass is 646 g/mol.